The Balaban J connectivity index is 1.35. The average molecular weight is 571 g/mol. The van der Waals surface area contributed by atoms with E-state index in [0.717, 1.165) is 11.3 Å². The molecule has 12 heteroatoms. The minimum atomic E-state index is -0.366. The number of anilines is 3. The van der Waals surface area contributed by atoms with Crippen molar-refractivity contribution in [3.8, 4) is 0 Å². The molecule has 0 aliphatic heterocycles. The lowest BCUT2D eigenvalue weighted by molar-refractivity contribution is 0.102. The van der Waals surface area contributed by atoms with Gasteiger partial charge in [-0.3, -0.25) is 15.0 Å². The van der Waals surface area contributed by atoms with Crippen molar-refractivity contribution in [2.75, 3.05) is 15.5 Å². The van der Waals surface area contributed by atoms with Gasteiger partial charge in [-0.15, -0.1) is 16.4 Å². The van der Waals surface area contributed by atoms with Crippen molar-refractivity contribution in [2.24, 2.45) is 0 Å². The Morgan fingerprint density at radius 2 is 1.74 bits per heavy atom. The van der Waals surface area contributed by atoms with Crippen LogP contribution >= 0.6 is 34.5 Å². The van der Waals surface area contributed by atoms with E-state index in [-0.39, 0.29) is 24.4 Å². The third-order valence-corrected chi connectivity index (χ3v) is 8.04. The van der Waals surface area contributed by atoms with E-state index >= 15 is 0 Å². The number of benzene rings is 2. The van der Waals surface area contributed by atoms with Gasteiger partial charge in [-0.1, -0.05) is 71.8 Å². The molecule has 9 nitrogen and oxygen atoms in total. The molecule has 3 N–H and O–H groups in total. The maximum Gasteiger partial charge on any atom is 0.326 e. The molecule has 3 amide bonds. The van der Waals surface area contributed by atoms with Crippen molar-refractivity contribution >= 4 is 63.8 Å². The molecule has 2 heterocycles. The quantitative estimate of drug-likeness (QED) is 0.219. The molecular formula is C26H25Cl2N7O2S. The molecule has 0 atom stereocenters. The van der Waals surface area contributed by atoms with Crippen LogP contribution in [-0.4, -0.2) is 32.6 Å². The molecule has 0 saturated heterocycles. The number of nitrogens with one attached hydrogen (secondary N) is 3. The summed E-state index contributed by atoms with van der Waals surface area (Å²) in [5, 5.41) is 18.6. The highest BCUT2D eigenvalue weighted by Gasteiger charge is 2.21. The molecular weight excluding hydrogens is 545 g/mol. The van der Waals surface area contributed by atoms with Crippen LogP contribution in [0.5, 0.6) is 0 Å². The fraction of sp³-hybridized carbons (Fsp3) is 0.269. The second-order valence-corrected chi connectivity index (χ2v) is 11.4. The van der Waals surface area contributed by atoms with Crippen LogP contribution < -0.4 is 15.5 Å². The van der Waals surface area contributed by atoms with Gasteiger partial charge in [0.1, 0.15) is 4.34 Å². The summed E-state index contributed by atoms with van der Waals surface area (Å²) in [6.07, 6.45) is 6.22. The third kappa shape index (κ3) is 6.32. The molecule has 0 radical (unpaired) electrons. The molecule has 0 bridgehead atoms. The Bertz CT molecular complexity index is 1390. The van der Waals surface area contributed by atoms with Crippen molar-refractivity contribution in [1.29, 1.82) is 0 Å². The summed E-state index contributed by atoms with van der Waals surface area (Å²) in [5.74, 6) is 0.290. The number of thiophene rings is 1. The van der Waals surface area contributed by atoms with Gasteiger partial charge in [0.05, 0.1) is 16.6 Å². The Morgan fingerprint density at radius 3 is 2.37 bits per heavy atom. The summed E-state index contributed by atoms with van der Waals surface area (Å²) in [5.41, 5.74) is 3.77. The van der Waals surface area contributed by atoms with Gasteiger partial charge < -0.3 is 5.32 Å². The average Bonchev–Trinajstić information content (AvgIpc) is 3.56. The van der Waals surface area contributed by atoms with Crippen molar-refractivity contribution in [2.45, 2.75) is 44.6 Å². The summed E-state index contributed by atoms with van der Waals surface area (Å²) >= 11 is 13.5. The Hall–Kier alpha value is -3.47. The number of carbonyl (C=O) groups is 2. The molecule has 1 aliphatic rings. The molecule has 0 spiro atoms. The molecule has 2 aromatic carbocycles. The largest absolute Gasteiger partial charge is 0.326 e. The fourth-order valence-corrected chi connectivity index (χ4v) is 5.96. The maximum absolute atomic E-state index is 13.4. The van der Waals surface area contributed by atoms with Gasteiger partial charge in [0, 0.05) is 11.3 Å². The predicted octanol–water partition coefficient (Wildman–Crippen LogP) is 7.11. The van der Waals surface area contributed by atoms with Crippen LogP contribution in [0.1, 0.15) is 59.5 Å². The van der Waals surface area contributed by atoms with Crippen molar-refractivity contribution in [3.63, 3.8) is 0 Å². The van der Waals surface area contributed by atoms with Gasteiger partial charge in [0.15, 0.2) is 0 Å². The number of halogens is 2. The molecule has 4 aromatic rings. The fourth-order valence-electron chi connectivity index (χ4n) is 4.58. The number of hydrogen-bond acceptors (Lipinski definition) is 6. The van der Waals surface area contributed by atoms with E-state index in [1.807, 2.05) is 12.1 Å². The molecule has 5 rings (SSSR count). The Labute approximate surface area is 233 Å². The number of aromatic amines is 1. The van der Waals surface area contributed by atoms with Crippen LogP contribution in [0, 0.1) is 0 Å². The second kappa shape index (κ2) is 11.9. The minimum absolute atomic E-state index is 0.0887. The molecule has 38 heavy (non-hydrogen) atoms. The number of aromatic nitrogens is 4. The SMILES string of the molecule is O=C(Nc1nn[nH]n1)c1ccc(CN(C(=O)Nc2cc(Cl)sc2Cl)c2ccc(C3CCCCC3)cc2)cc1. The van der Waals surface area contributed by atoms with E-state index in [0.29, 0.717) is 25.8 Å². The van der Waals surface area contributed by atoms with Gasteiger partial charge in [-0.05, 0) is 65.4 Å². The van der Waals surface area contributed by atoms with Crippen molar-refractivity contribution < 1.29 is 9.59 Å². The molecule has 0 unspecified atom stereocenters. The highest BCUT2D eigenvalue weighted by Crippen LogP contribution is 2.36. The third-order valence-electron chi connectivity index (χ3n) is 6.55. The van der Waals surface area contributed by atoms with Crippen LogP contribution in [-0.2, 0) is 6.54 Å². The smallest absolute Gasteiger partial charge is 0.305 e. The molecule has 196 valence electrons. The van der Waals surface area contributed by atoms with Gasteiger partial charge >= 0.3 is 6.03 Å². The normalized spacial score (nSPS) is 13.7. The Morgan fingerprint density at radius 1 is 1.00 bits per heavy atom. The van der Waals surface area contributed by atoms with E-state index in [1.165, 1.54) is 49.0 Å². The first-order chi connectivity index (χ1) is 18.5. The number of H-pyrrole nitrogens is 1. The van der Waals surface area contributed by atoms with Gasteiger partial charge in [-0.25, -0.2) is 4.79 Å². The zero-order chi connectivity index (χ0) is 26.5. The van der Waals surface area contributed by atoms with E-state index in [9.17, 15) is 9.59 Å². The first-order valence-corrected chi connectivity index (χ1v) is 13.8. The zero-order valence-electron chi connectivity index (χ0n) is 20.3. The maximum atomic E-state index is 13.4. The minimum Gasteiger partial charge on any atom is -0.305 e. The van der Waals surface area contributed by atoms with Crippen LogP contribution in [0.25, 0.3) is 0 Å². The van der Waals surface area contributed by atoms with E-state index in [1.54, 1.807) is 35.2 Å². The zero-order valence-corrected chi connectivity index (χ0v) is 22.6. The first-order valence-electron chi connectivity index (χ1n) is 12.2. The molecule has 1 fully saturated rings. The first kappa shape index (κ1) is 26.1. The van der Waals surface area contributed by atoms with E-state index in [2.05, 4.69) is 43.4 Å². The number of urea groups is 1. The van der Waals surface area contributed by atoms with Gasteiger partial charge in [0.25, 0.3) is 11.9 Å². The van der Waals surface area contributed by atoms with Crippen molar-refractivity contribution in [3.05, 3.63) is 80.0 Å². The topological polar surface area (TPSA) is 116 Å². The van der Waals surface area contributed by atoms with Gasteiger partial charge in [-0.2, -0.15) is 5.21 Å². The summed E-state index contributed by atoms with van der Waals surface area (Å²) < 4.78 is 0.899. The van der Waals surface area contributed by atoms with Crippen LogP contribution in [0.2, 0.25) is 8.67 Å². The van der Waals surface area contributed by atoms with Crippen LogP contribution in [0.3, 0.4) is 0 Å². The van der Waals surface area contributed by atoms with E-state index < -0.39 is 0 Å². The van der Waals surface area contributed by atoms with Gasteiger partial charge in [0.2, 0.25) is 0 Å². The summed E-state index contributed by atoms with van der Waals surface area (Å²) in [4.78, 5) is 27.5. The molecule has 1 saturated carbocycles. The number of nitrogens with zero attached hydrogens (tertiary/aromatic N) is 4. The van der Waals surface area contributed by atoms with E-state index in [4.69, 9.17) is 23.2 Å². The standard InChI is InChI=1S/C26H25Cl2N7O2S/c27-22-14-21(23(28)38-22)29-26(37)35(20-12-10-18(11-13-20)17-4-2-1-3-5-17)15-16-6-8-19(9-7-16)24(36)30-25-31-33-34-32-25/h6-14,17H,1-5,15H2,(H,29,37)(H2,30,31,32,33,34,36). The lowest BCUT2D eigenvalue weighted by atomic mass is 9.84. The number of hydrogen-bond donors (Lipinski definition) is 3. The molecule has 1 aliphatic carbocycles. The van der Waals surface area contributed by atoms with Crippen LogP contribution in [0.4, 0.5) is 22.1 Å². The number of rotatable bonds is 7. The lowest BCUT2D eigenvalue weighted by Gasteiger charge is -2.25. The number of amides is 3. The summed E-state index contributed by atoms with van der Waals surface area (Å²) in [6.45, 7) is 0.275. The summed E-state index contributed by atoms with van der Waals surface area (Å²) in [7, 11) is 0. The number of carbonyl (C=O) groups excluding carboxylic acids is 2. The predicted molar refractivity (Wildman–Crippen MR) is 150 cm³/mol. The summed E-state index contributed by atoms with van der Waals surface area (Å²) in [6, 6.07) is 16.5. The number of tetrazole rings is 1. The van der Waals surface area contributed by atoms with Crippen molar-refractivity contribution in [1.82, 2.24) is 20.6 Å². The monoisotopic (exact) mass is 569 g/mol. The highest BCUT2D eigenvalue weighted by molar-refractivity contribution is 7.20. The second-order valence-electron chi connectivity index (χ2n) is 9.07. The highest BCUT2D eigenvalue weighted by atomic mass is 35.5. The lowest BCUT2D eigenvalue weighted by Crippen LogP contribution is -2.34. The molecule has 2 aromatic heterocycles. The Kier molecular flexibility index (Phi) is 8.21. The van der Waals surface area contributed by atoms with Crippen LogP contribution in [0.15, 0.2) is 54.6 Å².